The van der Waals surface area contributed by atoms with E-state index in [1.807, 2.05) is 0 Å². The molecule has 1 N–H and O–H groups in total. The highest BCUT2D eigenvalue weighted by molar-refractivity contribution is 4.89. The van der Waals surface area contributed by atoms with Gasteiger partial charge in [0, 0.05) is 12.1 Å². The van der Waals surface area contributed by atoms with E-state index in [4.69, 9.17) is 0 Å². The fraction of sp³-hybridized carbons (Fsp3) is 1.00. The third-order valence-electron chi connectivity index (χ3n) is 4.26. The largest absolute Gasteiger partial charge is 0.391 e. The second-order valence-corrected chi connectivity index (χ2v) is 5.21. The molecule has 3 atom stereocenters. The van der Waals surface area contributed by atoms with Crippen LogP contribution in [0.1, 0.15) is 58.3 Å². The zero-order valence-corrected chi connectivity index (χ0v) is 9.99. The summed E-state index contributed by atoms with van der Waals surface area (Å²) in [5.74, 6) is 0. The highest BCUT2D eigenvalue weighted by atomic mass is 16.3. The molecule has 2 aliphatic rings. The van der Waals surface area contributed by atoms with Crippen LogP contribution in [0.5, 0.6) is 0 Å². The lowest BCUT2D eigenvalue weighted by Gasteiger charge is -2.35. The van der Waals surface area contributed by atoms with Crippen molar-refractivity contribution in [2.75, 3.05) is 6.54 Å². The van der Waals surface area contributed by atoms with Gasteiger partial charge in [0.15, 0.2) is 0 Å². The highest BCUT2D eigenvalue weighted by Crippen LogP contribution is 2.29. The molecule has 0 radical (unpaired) electrons. The van der Waals surface area contributed by atoms with Gasteiger partial charge in [0.05, 0.1) is 6.10 Å². The predicted octanol–water partition coefficient (Wildman–Crippen LogP) is 2.55. The molecular formula is C13H25NO. The quantitative estimate of drug-likeness (QED) is 0.710. The molecule has 1 aliphatic carbocycles. The molecule has 0 aromatic carbocycles. The minimum Gasteiger partial charge on any atom is -0.391 e. The van der Waals surface area contributed by atoms with Gasteiger partial charge in [-0.05, 0) is 38.6 Å². The van der Waals surface area contributed by atoms with Gasteiger partial charge < -0.3 is 5.11 Å². The minimum absolute atomic E-state index is 0.0559. The summed E-state index contributed by atoms with van der Waals surface area (Å²) in [6.07, 6.45) is 9.98. The van der Waals surface area contributed by atoms with E-state index in [0.29, 0.717) is 6.04 Å². The van der Waals surface area contributed by atoms with Crippen LogP contribution < -0.4 is 0 Å². The molecule has 3 unspecified atom stereocenters. The number of aliphatic hydroxyl groups is 1. The van der Waals surface area contributed by atoms with Crippen LogP contribution in [-0.4, -0.2) is 34.7 Å². The highest BCUT2D eigenvalue weighted by Gasteiger charge is 2.33. The molecule has 0 bridgehead atoms. The van der Waals surface area contributed by atoms with E-state index >= 15 is 0 Å². The summed E-state index contributed by atoms with van der Waals surface area (Å²) in [6.45, 7) is 3.51. The van der Waals surface area contributed by atoms with Crippen LogP contribution in [0.4, 0.5) is 0 Å². The van der Waals surface area contributed by atoms with Crippen LogP contribution in [-0.2, 0) is 0 Å². The lowest BCUT2D eigenvalue weighted by molar-refractivity contribution is 0.0362. The molecule has 2 heteroatoms. The van der Waals surface area contributed by atoms with Crippen molar-refractivity contribution in [1.29, 1.82) is 0 Å². The molecule has 2 nitrogen and oxygen atoms in total. The molecular weight excluding hydrogens is 186 g/mol. The Kier molecular flexibility index (Phi) is 4.04. The first-order valence-corrected chi connectivity index (χ1v) is 6.76. The molecule has 2 fully saturated rings. The molecule has 0 spiro atoms. The van der Waals surface area contributed by atoms with Crippen molar-refractivity contribution in [3.05, 3.63) is 0 Å². The van der Waals surface area contributed by atoms with Gasteiger partial charge in [-0.15, -0.1) is 0 Å². The van der Waals surface area contributed by atoms with E-state index in [0.717, 1.165) is 12.5 Å². The standard InChI is InChI=1S/C13H25NO/c1-2-11-7-6-10-14(11)12-8-4-3-5-9-13(12)15/h11-13,15H,2-10H2,1H3. The molecule has 15 heavy (non-hydrogen) atoms. The predicted molar refractivity (Wildman–Crippen MR) is 62.9 cm³/mol. The SMILES string of the molecule is CCC1CCCN1C1CCCCCC1O. The van der Waals surface area contributed by atoms with Crippen molar-refractivity contribution in [1.82, 2.24) is 4.90 Å². The average molecular weight is 211 g/mol. The van der Waals surface area contributed by atoms with E-state index in [9.17, 15) is 5.11 Å². The molecule has 1 heterocycles. The van der Waals surface area contributed by atoms with Crippen molar-refractivity contribution in [2.24, 2.45) is 0 Å². The normalized spacial score (nSPS) is 39.2. The Morgan fingerprint density at radius 2 is 1.87 bits per heavy atom. The summed E-state index contributed by atoms with van der Waals surface area (Å²) in [4.78, 5) is 2.61. The van der Waals surface area contributed by atoms with Gasteiger partial charge in [-0.1, -0.05) is 26.2 Å². The van der Waals surface area contributed by atoms with E-state index in [2.05, 4.69) is 11.8 Å². The third kappa shape index (κ3) is 2.54. The topological polar surface area (TPSA) is 23.5 Å². The van der Waals surface area contributed by atoms with Gasteiger partial charge in [-0.25, -0.2) is 0 Å². The average Bonchev–Trinajstić information content (AvgIpc) is 2.61. The van der Waals surface area contributed by atoms with Crippen LogP contribution in [0.3, 0.4) is 0 Å². The fourth-order valence-electron chi connectivity index (χ4n) is 3.39. The van der Waals surface area contributed by atoms with E-state index in [1.165, 1.54) is 51.5 Å². The maximum atomic E-state index is 10.2. The Morgan fingerprint density at radius 1 is 1.07 bits per heavy atom. The van der Waals surface area contributed by atoms with Crippen molar-refractivity contribution < 1.29 is 5.11 Å². The second-order valence-electron chi connectivity index (χ2n) is 5.21. The first kappa shape index (κ1) is 11.4. The molecule has 2 rings (SSSR count). The van der Waals surface area contributed by atoms with E-state index in [1.54, 1.807) is 0 Å². The van der Waals surface area contributed by atoms with Gasteiger partial charge >= 0.3 is 0 Å². The van der Waals surface area contributed by atoms with Crippen LogP contribution in [0.2, 0.25) is 0 Å². The summed E-state index contributed by atoms with van der Waals surface area (Å²) < 4.78 is 0. The van der Waals surface area contributed by atoms with Gasteiger partial charge in [-0.3, -0.25) is 4.90 Å². The third-order valence-corrected chi connectivity index (χ3v) is 4.26. The Bertz CT molecular complexity index is 195. The van der Waals surface area contributed by atoms with Gasteiger partial charge in [0.2, 0.25) is 0 Å². The maximum absolute atomic E-state index is 10.2. The van der Waals surface area contributed by atoms with Crippen LogP contribution in [0.15, 0.2) is 0 Å². The van der Waals surface area contributed by atoms with Crippen molar-refractivity contribution in [3.8, 4) is 0 Å². The van der Waals surface area contributed by atoms with Crippen molar-refractivity contribution in [2.45, 2.75) is 76.5 Å². The summed E-state index contributed by atoms with van der Waals surface area (Å²) in [6, 6.07) is 1.22. The van der Waals surface area contributed by atoms with Crippen molar-refractivity contribution in [3.63, 3.8) is 0 Å². The molecule has 0 aromatic heterocycles. The number of hydrogen-bond acceptors (Lipinski definition) is 2. The molecule has 1 saturated heterocycles. The zero-order chi connectivity index (χ0) is 10.7. The van der Waals surface area contributed by atoms with Crippen molar-refractivity contribution >= 4 is 0 Å². The number of rotatable bonds is 2. The van der Waals surface area contributed by atoms with Crippen LogP contribution in [0.25, 0.3) is 0 Å². The second kappa shape index (κ2) is 5.31. The lowest BCUT2D eigenvalue weighted by Crippen LogP contribution is -2.45. The monoisotopic (exact) mass is 211 g/mol. The molecule has 0 amide bonds. The Hall–Kier alpha value is -0.0800. The summed E-state index contributed by atoms with van der Waals surface area (Å²) in [7, 11) is 0. The summed E-state index contributed by atoms with van der Waals surface area (Å²) >= 11 is 0. The summed E-state index contributed by atoms with van der Waals surface area (Å²) in [5.41, 5.74) is 0. The Labute approximate surface area is 93.7 Å². The first-order valence-electron chi connectivity index (χ1n) is 6.76. The number of aliphatic hydroxyl groups excluding tert-OH is 1. The van der Waals surface area contributed by atoms with E-state index in [-0.39, 0.29) is 6.10 Å². The summed E-state index contributed by atoms with van der Waals surface area (Å²) in [5, 5.41) is 10.2. The molecule has 1 saturated carbocycles. The Balaban J connectivity index is 1.99. The number of nitrogens with zero attached hydrogens (tertiary/aromatic N) is 1. The molecule has 0 aromatic rings. The number of likely N-dealkylation sites (tertiary alicyclic amines) is 1. The first-order chi connectivity index (χ1) is 7.33. The molecule has 1 aliphatic heterocycles. The van der Waals surface area contributed by atoms with Crippen LogP contribution in [0, 0.1) is 0 Å². The maximum Gasteiger partial charge on any atom is 0.0695 e. The minimum atomic E-state index is -0.0559. The smallest absolute Gasteiger partial charge is 0.0695 e. The molecule has 88 valence electrons. The lowest BCUT2D eigenvalue weighted by atomic mass is 10.0. The fourth-order valence-corrected chi connectivity index (χ4v) is 3.39. The zero-order valence-electron chi connectivity index (χ0n) is 9.99. The number of hydrogen-bond donors (Lipinski definition) is 1. The van der Waals surface area contributed by atoms with E-state index < -0.39 is 0 Å². The van der Waals surface area contributed by atoms with Gasteiger partial charge in [-0.2, -0.15) is 0 Å². The van der Waals surface area contributed by atoms with Gasteiger partial charge in [0.1, 0.15) is 0 Å². The van der Waals surface area contributed by atoms with Crippen LogP contribution >= 0.6 is 0 Å². The van der Waals surface area contributed by atoms with Gasteiger partial charge in [0.25, 0.3) is 0 Å². The Morgan fingerprint density at radius 3 is 2.67 bits per heavy atom.